The van der Waals surface area contributed by atoms with E-state index in [1.54, 1.807) is 0 Å². The average molecular weight is 293 g/mol. The van der Waals surface area contributed by atoms with E-state index in [2.05, 4.69) is 31.3 Å². The molecule has 114 valence electrons. The lowest BCUT2D eigenvalue weighted by atomic mass is 9.88. The summed E-state index contributed by atoms with van der Waals surface area (Å²) in [5.74, 6) is -0.0399. The first-order valence-electron chi connectivity index (χ1n) is 7.70. The molecule has 2 aromatic rings. The van der Waals surface area contributed by atoms with Crippen LogP contribution in [-0.4, -0.2) is 5.91 Å². The molecule has 0 aliphatic heterocycles. The Morgan fingerprint density at radius 2 is 1.59 bits per heavy atom. The van der Waals surface area contributed by atoms with Crippen LogP contribution >= 0.6 is 0 Å². The summed E-state index contributed by atoms with van der Waals surface area (Å²) in [6, 6.07) is 19.9. The maximum atomic E-state index is 12.7. The van der Waals surface area contributed by atoms with E-state index >= 15 is 0 Å². The number of hydrogen-bond donors (Lipinski definition) is 1. The van der Waals surface area contributed by atoms with Crippen molar-refractivity contribution in [2.75, 3.05) is 0 Å². The van der Waals surface area contributed by atoms with Gasteiger partial charge < -0.3 is 5.32 Å². The zero-order chi connectivity index (χ0) is 16.0. The second-order valence-electron chi connectivity index (χ2n) is 5.57. The van der Waals surface area contributed by atoms with E-state index < -0.39 is 0 Å². The highest BCUT2D eigenvalue weighted by Crippen LogP contribution is 2.26. The zero-order valence-electron chi connectivity index (χ0n) is 13.5. The number of benzene rings is 2. The van der Waals surface area contributed by atoms with Gasteiger partial charge in [0, 0.05) is 5.57 Å². The maximum Gasteiger partial charge on any atom is 0.252 e. The van der Waals surface area contributed by atoms with Crippen molar-refractivity contribution in [3.63, 3.8) is 0 Å². The molecule has 0 saturated heterocycles. The van der Waals surface area contributed by atoms with Crippen LogP contribution in [0.5, 0.6) is 0 Å². The molecule has 0 aliphatic carbocycles. The number of amides is 1. The van der Waals surface area contributed by atoms with Crippen LogP contribution in [0.4, 0.5) is 0 Å². The second kappa shape index (κ2) is 7.08. The number of hydrogen-bond acceptors (Lipinski definition) is 1. The van der Waals surface area contributed by atoms with Crippen LogP contribution in [0.3, 0.4) is 0 Å². The smallest absolute Gasteiger partial charge is 0.252 e. The van der Waals surface area contributed by atoms with Crippen molar-refractivity contribution in [2.24, 2.45) is 0 Å². The molecule has 0 bridgehead atoms. The van der Waals surface area contributed by atoms with Gasteiger partial charge in [0.15, 0.2) is 0 Å². The Morgan fingerprint density at radius 3 is 2.09 bits per heavy atom. The van der Waals surface area contributed by atoms with Crippen molar-refractivity contribution in [3.8, 4) is 0 Å². The third-order valence-electron chi connectivity index (χ3n) is 4.13. The number of rotatable bonds is 5. The lowest BCUT2D eigenvalue weighted by molar-refractivity contribution is -0.117. The molecular formula is C20H23NO. The molecule has 1 amide bonds. The van der Waals surface area contributed by atoms with Gasteiger partial charge >= 0.3 is 0 Å². The van der Waals surface area contributed by atoms with Gasteiger partial charge in [-0.25, -0.2) is 0 Å². The second-order valence-corrected chi connectivity index (χ2v) is 5.57. The topological polar surface area (TPSA) is 29.1 Å². The molecule has 1 unspecified atom stereocenters. The Balaban J connectivity index is 2.26. The summed E-state index contributed by atoms with van der Waals surface area (Å²) in [6.07, 6.45) is 2.69. The van der Waals surface area contributed by atoms with Gasteiger partial charge in [-0.1, -0.05) is 73.7 Å². The van der Waals surface area contributed by atoms with Gasteiger partial charge in [0.25, 0.3) is 5.91 Å². The van der Waals surface area contributed by atoms with Gasteiger partial charge in [-0.05, 0) is 31.4 Å². The molecule has 0 heterocycles. The molecule has 0 aromatic heterocycles. The Labute approximate surface area is 132 Å². The van der Waals surface area contributed by atoms with E-state index in [9.17, 15) is 4.79 Å². The zero-order valence-corrected chi connectivity index (χ0v) is 13.5. The van der Waals surface area contributed by atoms with Crippen LogP contribution < -0.4 is 5.32 Å². The minimum atomic E-state index is -0.374. The predicted molar refractivity (Wildman–Crippen MR) is 92.3 cm³/mol. The SMILES string of the molecule is C/C=C(/C(=O)NC(C)(CC)c1ccccc1)c1ccccc1. The fraction of sp³-hybridized carbons (Fsp3) is 0.250. The summed E-state index contributed by atoms with van der Waals surface area (Å²) < 4.78 is 0. The predicted octanol–water partition coefficient (Wildman–Crippen LogP) is 4.53. The number of carbonyl (C=O) groups excluding carboxylic acids is 1. The minimum Gasteiger partial charge on any atom is -0.343 e. The largest absolute Gasteiger partial charge is 0.343 e. The molecule has 0 saturated carbocycles. The fourth-order valence-electron chi connectivity index (χ4n) is 2.54. The van der Waals surface area contributed by atoms with E-state index in [1.165, 1.54) is 0 Å². The Bertz CT molecular complexity index is 646. The van der Waals surface area contributed by atoms with Gasteiger partial charge in [-0.15, -0.1) is 0 Å². The minimum absolute atomic E-state index is 0.0399. The monoisotopic (exact) mass is 293 g/mol. The van der Waals surface area contributed by atoms with Gasteiger partial charge in [0.2, 0.25) is 0 Å². The average Bonchev–Trinajstić information content (AvgIpc) is 2.57. The van der Waals surface area contributed by atoms with E-state index in [0.29, 0.717) is 5.57 Å². The molecule has 1 N–H and O–H groups in total. The summed E-state index contributed by atoms with van der Waals surface area (Å²) in [7, 11) is 0. The van der Waals surface area contributed by atoms with E-state index in [0.717, 1.165) is 17.5 Å². The number of nitrogens with one attached hydrogen (secondary N) is 1. The Morgan fingerprint density at radius 1 is 1.05 bits per heavy atom. The molecule has 0 aliphatic rings. The highest BCUT2D eigenvalue weighted by Gasteiger charge is 2.27. The molecule has 22 heavy (non-hydrogen) atoms. The van der Waals surface area contributed by atoms with Crippen molar-refractivity contribution in [1.82, 2.24) is 5.32 Å². The molecule has 2 heteroatoms. The summed E-state index contributed by atoms with van der Waals surface area (Å²) in [5, 5.41) is 3.20. The first-order valence-corrected chi connectivity index (χ1v) is 7.70. The van der Waals surface area contributed by atoms with Crippen molar-refractivity contribution in [2.45, 2.75) is 32.7 Å². The molecule has 0 radical (unpaired) electrons. The van der Waals surface area contributed by atoms with Gasteiger partial charge in [0.1, 0.15) is 0 Å². The van der Waals surface area contributed by atoms with Gasteiger partial charge in [-0.3, -0.25) is 4.79 Å². The van der Waals surface area contributed by atoms with Gasteiger partial charge in [0.05, 0.1) is 5.54 Å². The van der Waals surface area contributed by atoms with Crippen LogP contribution in [0.1, 0.15) is 38.3 Å². The summed E-state index contributed by atoms with van der Waals surface area (Å²) in [4.78, 5) is 12.7. The summed E-state index contributed by atoms with van der Waals surface area (Å²) >= 11 is 0. The third kappa shape index (κ3) is 3.45. The summed E-state index contributed by atoms with van der Waals surface area (Å²) in [6.45, 7) is 6.05. The molecule has 2 rings (SSSR count). The highest BCUT2D eigenvalue weighted by atomic mass is 16.1. The first kappa shape index (κ1) is 16.0. The lowest BCUT2D eigenvalue weighted by Gasteiger charge is -2.31. The van der Waals surface area contributed by atoms with Crippen LogP contribution in [0, 0.1) is 0 Å². The van der Waals surface area contributed by atoms with Crippen molar-refractivity contribution in [3.05, 3.63) is 77.9 Å². The van der Waals surface area contributed by atoms with Crippen LogP contribution in [0.2, 0.25) is 0 Å². The van der Waals surface area contributed by atoms with Crippen molar-refractivity contribution >= 4 is 11.5 Å². The van der Waals surface area contributed by atoms with Gasteiger partial charge in [-0.2, -0.15) is 0 Å². The Kier molecular flexibility index (Phi) is 5.16. The number of carbonyl (C=O) groups is 1. The molecular weight excluding hydrogens is 270 g/mol. The van der Waals surface area contributed by atoms with Crippen molar-refractivity contribution < 1.29 is 4.79 Å². The Hall–Kier alpha value is -2.35. The lowest BCUT2D eigenvalue weighted by Crippen LogP contribution is -2.43. The standard InChI is InChI=1S/C20H23NO/c1-4-18(16-12-8-6-9-13-16)19(22)21-20(3,5-2)17-14-10-7-11-15-17/h4,6-15H,5H2,1-3H3,(H,21,22)/b18-4+. The van der Waals surface area contributed by atoms with Crippen LogP contribution in [0.15, 0.2) is 66.7 Å². The quantitative estimate of drug-likeness (QED) is 0.806. The molecule has 2 nitrogen and oxygen atoms in total. The summed E-state index contributed by atoms with van der Waals surface area (Å²) in [5.41, 5.74) is 2.39. The van der Waals surface area contributed by atoms with E-state index in [-0.39, 0.29) is 11.4 Å². The van der Waals surface area contributed by atoms with Crippen LogP contribution in [-0.2, 0) is 10.3 Å². The molecule has 0 spiro atoms. The maximum absolute atomic E-state index is 12.7. The number of allylic oxidation sites excluding steroid dienone is 1. The van der Waals surface area contributed by atoms with Crippen molar-refractivity contribution in [1.29, 1.82) is 0 Å². The first-order chi connectivity index (χ1) is 10.6. The van der Waals surface area contributed by atoms with E-state index in [4.69, 9.17) is 0 Å². The third-order valence-corrected chi connectivity index (χ3v) is 4.13. The van der Waals surface area contributed by atoms with E-state index in [1.807, 2.05) is 61.5 Å². The fourth-order valence-corrected chi connectivity index (χ4v) is 2.54. The van der Waals surface area contributed by atoms with Crippen LogP contribution in [0.25, 0.3) is 5.57 Å². The molecule has 2 aromatic carbocycles. The highest BCUT2D eigenvalue weighted by molar-refractivity contribution is 6.19. The normalized spacial score (nSPS) is 14.2. The molecule has 1 atom stereocenters. The molecule has 0 fully saturated rings.